The van der Waals surface area contributed by atoms with E-state index in [0.29, 0.717) is 11.4 Å². The van der Waals surface area contributed by atoms with Gasteiger partial charge in [0.2, 0.25) is 0 Å². The molecule has 0 atom stereocenters. The molecule has 1 heterocycles. The fourth-order valence-electron chi connectivity index (χ4n) is 1.75. The quantitative estimate of drug-likeness (QED) is 0.731. The summed E-state index contributed by atoms with van der Waals surface area (Å²) in [6, 6.07) is 4.29. The van der Waals surface area contributed by atoms with Crippen molar-refractivity contribution in [2.45, 2.75) is 18.9 Å². The van der Waals surface area contributed by atoms with Crippen molar-refractivity contribution >= 4 is 32.4 Å². The van der Waals surface area contributed by atoms with Gasteiger partial charge in [0.25, 0.3) is 0 Å². The summed E-state index contributed by atoms with van der Waals surface area (Å²) in [7, 11) is -3.62. The molecule has 1 aliphatic rings. The molecule has 0 spiro atoms. The molecule has 1 aliphatic carbocycles. The van der Waals surface area contributed by atoms with Gasteiger partial charge in [0.1, 0.15) is 5.82 Å². The van der Waals surface area contributed by atoms with Gasteiger partial charge in [0, 0.05) is 22.7 Å². The standard InChI is InChI=1S/C12H13FN4O2S2/c13-10-5-7(14)1-4-9(10)11-6-20-12(15-11)17-21(18,19)16-8-2-3-8/h1,4-6,8,16H,2-3,14H2,(H,15,17). The lowest BCUT2D eigenvalue weighted by atomic mass is 10.1. The molecular weight excluding hydrogens is 315 g/mol. The van der Waals surface area contributed by atoms with Crippen molar-refractivity contribution in [3.8, 4) is 11.3 Å². The summed E-state index contributed by atoms with van der Waals surface area (Å²) in [6.45, 7) is 0. The van der Waals surface area contributed by atoms with E-state index < -0.39 is 16.0 Å². The van der Waals surface area contributed by atoms with Gasteiger partial charge in [-0.05, 0) is 31.0 Å². The SMILES string of the molecule is Nc1ccc(-c2csc(NS(=O)(=O)NC3CC3)n2)c(F)c1. The lowest BCUT2D eigenvalue weighted by Crippen LogP contribution is -2.31. The topological polar surface area (TPSA) is 97.1 Å². The second-order valence-electron chi connectivity index (χ2n) is 4.77. The smallest absolute Gasteiger partial charge is 0.301 e. The minimum Gasteiger partial charge on any atom is -0.399 e. The molecule has 4 N–H and O–H groups in total. The van der Waals surface area contributed by atoms with Crippen molar-refractivity contribution < 1.29 is 12.8 Å². The molecule has 112 valence electrons. The molecule has 2 aromatic rings. The van der Waals surface area contributed by atoms with Crippen molar-refractivity contribution in [1.29, 1.82) is 0 Å². The van der Waals surface area contributed by atoms with Crippen LogP contribution in [0.15, 0.2) is 23.6 Å². The Balaban J connectivity index is 1.79. The van der Waals surface area contributed by atoms with E-state index >= 15 is 0 Å². The van der Waals surface area contributed by atoms with E-state index in [1.54, 1.807) is 11.4 Å². The van der Waals surface area contributed by atoms with Crippen LogP contribution in [0.1, 0.15) is 12.8 Å². The van der Waals surface area contributed by atoms with E-state index in [4.69, 9.17) is 5.73 Å². The second kappa shape index (κ2) is 5.24. The van der Waals surface area contributed by atoms with Crippen molar-refractivity contribution in [3.05, 3.63) is 29.4 Å². The van der Waals surface area contributed by atoms with E-state index in [9.17, 15) is 12.8 Å². The number of nitrogen functional groups attached to an aromatic ring is 1. The van der Waals surface area contributed by atoms with Gasteiger partial charge >= 0.3 is 10.2 Å². The molecule has 1 fully saturated rings. The number of anilines is 2. The first-order chi connectivity index (χ1) is 9.93. The van der Waals surface area contributed by atoms with E-state index in [1.165, 1.54) is 12.1 Å². The number of nitrogens with two attached hydrogens (primary N) is 1. The second-order valence-corrected chi connectivity index (χ2v) is 7.08. The molecule has 0 radical (unpaired) electrons. The third kappa shape index (κ3) is 3.49. The number of rotatable bonds is 5. The van der Waals surface area contributed by atoms with Crippen LogP contribution in [-0.4, -0.2) is 19.4 Å². The van der Waals surface area contributed by atoms with Crippen LogP contribution in [-0.2, 0) is 10.2 Å². The molecule has 0 bridgehead atoms. The molecule has 0 amide bonds. The number of benzene rings is 1. The first-order valence-electron chi connectivity index (χ1n) is 6.24. The van der Waals surface area contributed by atoms with Gasteiger partial charge in [-0.2, -0.15) is 13.1 Å². The fraction of sp³-hybridized carbons (Fsp3) is 0.250. The van der Waals surface area contributed by atoms with Crippen LogP contribution in [0.2, 0.25) is 0 Å². The first kappa shape index (κ1) is 14.2. The van der Waals surface area contributed by atoms with Crippen LogP contribution in [0.4, 0.5) is 15.2 Å². The van der Waals surface area contributed by atoms with Crippen LogP contribution in [0, 0.1) is 5.82 Å². The van der Waals surface area contributed by atoms with Gasteiger partial charge in [0.15, 0.2) is 5.13 Å². The Labute approximate surface area is 125 Å². The Morgan fingerprint density at radius 2 is 2.14 bits per heavy atom. The molecule has 1 aromatic heterocycles. The largest absolute Gasteiger partial charge is 0.399 e. The summed E-state index contributed by atoms with van der Waals surface area (Å²) in [5.41, 5.74) is 6.45. The summed E-state index contributed by atoms with van der Waals surface area (Å²) < 4.78 is 42.1. The predicted molar refractivity (Wildman–Crippen MR) is 80.6 cm³/mol. The normalized spacial score (nSPS) is 15.1. The van der Waals surface area contributed by atoms with Gasteiger partial charge < -0.3 is 5.73 Å². The molecule has 21 heavy (non-hydrogen) atoms. The van der Waals surface area contributed by atoms with Crippen LogP contribution in [0.5, 0.6) is 0 Å². The molecule has 0 aliphatic heterocycles. The molecule has 9 heteroatoms. The van der Waals surface area contributed by atoms with Gasteiger partial charge in [-0.25, -0.2) is 14.1 Å². The average Bonchev–Trinajstić information content (AvgIpc) is 3.06. The minimum atomic E-state index is -3.62. The Morgan fingerprint density at radius 1 is 1.38 bits per heavy atom. The summed E-state index contributed by atoms with van der Waals surface area (Å²) in [4.78, 5) is 4.09. The molecule has 0 saturated heterocycles. The van der Waals surface area contributed by atoms with Crippen LogP contribution in [0.25, 0.3) is 11.3 Å². The number of nitrogens with one attached hydrogen (secondary N) is 2. The van der Waals surface area contributed by atoms with Crippen LogP contribution >= 0.6 is 11.3 Å². The molecule has 0 unspecified atom stereocenters. The fourth-order valence-corrected chi connectivity index (χ4v) is 3.83. The van der Waals surface area contributed by atoms with Crippen molar-refractivity contribution in [1.82, 2.24) is 9.71 Å². The Kier molecular flexibility index (Phi) is 3.56. The number of nitrogens with zero attached hydrogens (tertiary/aromatic N) is 1. The Morgan fingerprint density at radius 3 is 2.81 bits per heavy atom. The van der Waals surface area contributed by atoms with Crippen LogP contribution in [0.3, 0.4) is 0 Å². The zero-order chi connectivity index (χ0) is 15.0. The lowest BCUT2D eigenvalue weighted by Gasteiger charge is -2.05. The third-order valence-electron chi connectivity index (χ3n) is 2.89. The lowest BCUT2D eigenvalue weighted by molar-refractivity contribution is 0.586. The summed E-state index contributed by atoms with van der Waals surface area (Å²) >= 11 is 1.09. The van der Waals surface area contributed by atoms with Gasteiger partial charge in [-0.1, -0.05) is 0 Å². The Bertz CT molecular complexity index is 771. The maximum Gasteiger partial charge on any atom is 0.301 e. The number of hydrogen-bond donors (Lipinski definition) is 3. The van der Waals surface area contributed by atoms with E-state index in [0.717, 1.165) is 24.2 Å². The number of aromatic nitrogens is 1. The highest BCUT2D eigenvalue weighted by Gasteiger charge is 2.27. The minimum absolute atomic E-state index is 0.0106. The van der Waals surface area contributed by atoms with Gasteiger partial charge in [-0.3, -0.25) is 0 Å². The van der Waals surface area contributed by atoms with E-state index in [1.807, 2.05) is 0 Å². The monoisotopic (exact) mass is 328 g/mol. The van der Waals surface area contributed by atoms with E-state index in [-0.39, 0.29) is 16.7 Å². The number of thiazole rings is 1. The summed E-state index contributed by atoms with van der Waals surface area (Å²) in [6.07, 6.45) is 1.70. The van der Waals surface area contributed by atoms with Crippen LogP contribution < -0.4 is 15.2 Å². The molecule has 1 saturated carbocycles. The van der Waals surface area contributed by atoms with Crippen molar-refractivity contribution in [3.63, 3.8) is 0 Å². The number of hydrogen-bond acceptors (Lipinski definition) is 5. The summed E-state index contributed by atoms with van der Waals surface area (Å²) in [5.74, 6) is -0.495. The zero-order valence-electron chi connectivity index (χ0n) is 10.8. The highest BCUT2D eigenvalue weighted by atomic mass is 32.2. The molecule has 1 aromatic carbocycles. The highest BCUT2D eigenvalue weighted by molar-refractivity contribution is 7.91. The first-order valence-corrected chi connectivity index (χ1v) is 8.60. The molecular formula is C12H13FN4O2S2. The average molecular weight is 328 g/mol. The zero-order valence-corrected chi connectivity index (χ0v) is 12.5. The highest BCUT2D eigenvalue weighted by Crippen LogP contribution is 2.28. The van der Waals surface area contributed by atoms with Crippen molar-refractivity contribution in [2.75, 3.05) is 10.5 Å². The van der Waals surface area contributed by atoms with Gasteiger partial charge in [-0.15, -0.1) is 11.3 Å². The predicted octanol–water partition coefficient (Wildman–Crippen LogP) is 1.94. The van der Waals surface area contributed by atoms with Gasteiger partial charge in [0.05, 0.1) is 5.69 Å². The summed E-state index contributed by atoms with van der Waals surface area (Å²) in [5, 5.41) is 1.78. The number of halogens is 1. The maximum absolute atomic E-state index is 13.8. The third-order valence-corrected chi connectivity index (χ3v) is 4.89. The van der Waals surface area contributed by atoms with Crippen molar-refractivity contribution in [2.24, 2.45) is 0 Å². The molecule has 3 rings (SSSR count). The maximum atomic E-state index is 13.8. The van der Waals surface area contributed by atoms with E-state index in [2.05, 4.69) is 14.4 Å². The Hall–Kier alpha value is -1.71. The molecule has 6 nitrogen and oxygen atoms in total.